The molecule has 0 aliphatic heterocycles. The molecule has 0 aromatic carbocycles. The average molecular weight is 178 g/mol. The van der Waals surface area contributed by atoms with Crippen molar-refractivity contribution in [1.29, 1.82) is 0 Å². The van der Waals surface area contributed by atoms with Gasteiger partial charge in [-0.25, -0.2) is 0 Å². The van der Waals surface area contributed by atoms with Crippen LogP contribution in [0.1, 0.15) is 33.6 Å². The molecular formula is C8H19O2P. The molecule has 0 fully saturated rings. The molecule has 0 spiro atoms. The van der Waals surface area contributed by atoms with Crippen molar-refractivity contribution < 1.29 is 9.05 Å². The third kappa shape index (κ3) is 10.4. The summed E-state index contributed by atoms with van der Waals surface area (Å²) in [7, 11) is 0.235. The van der Waals surface area contributed by atoms with Crippen molar-refractivity contribution in [2.45, 2.75) is 33.6 Å². The van der Waals surface area contributed by atoms with Gasteiger partial charge in [0.15, 0.2) is 9.03 Å². The van der Waals surface area contributed by atoms with E-state index >= 15 is 0 Å². The molecule has 1 atom stereocenters. The lowest BCUT2D eigenvalue weighted by molar-refractivity contribution is 0.240. The summed E-state index contributed by atoms with van der Waals surface area (Å²) in [4.78, 5) is 0. The Kier molecular flexibility index (Phi) is 8.72. The quantitative estimate of drug-likeness (QED) is 0.440. The van der Waals surface area contributed by atoms with Crippen LogP contribution in [-0.2, 0) is 9.05 Å². The largest absolute Gasteiger partial charge is 0.336 e. The first-order valence-electron chi connectivity index (χ1n) is 4.26. The fourth-order valence-electron chi connectivity index (χ4n) is 0.501. The molecule has 0 aliphatic rings. The third-order valence-corrected chi connectivity index (χ3v) is 1.74. The van der Waals surface area contributed by atoms with Gasteiger partial charge in [-0.15, -0.1) is 0 Å². The summed E-state index contributed by atoms with van der Waals surface area (Å²) < 4.78 is 10.5. The second-order valence-corrected chi connectivity index (χ2v) is 3.73. The van der Waals surface area contributed by atoms with Gasteiger partial charge in [0.25, 0.3) is 0 Å². The van der Waals surface area contributed by atoms with Crippen LogP contribution in [0.3, 0.4) is 0 Å². The van der Waals surface area contributed by atoms with Crippen LogP contribution in [0.4, 0.5) is 0 Å². The summed E-state index contributed by atoms with van der Waals surface area (Å²) in [6, 6.07) is 0. The monoisotopic (exact) mass is 178 g/mol. The van der Waals surface area contributed by atoms with Crippen molar-refractivity contribution in [2.75, 3.05) is 13.2 Å². The maximum absolute atomic E-state index is 5.25. The maximum Gasteiger partial charge on any atom is 0.155 e. The summed E-state index contributed by atoms with van der Waals surface area (Å²) in [5.41, 5.74) is 0. The zero-order valence-corrected chi connectivity index (χ0v) is 8.72. The van der Waals surface area contributed by atoms with E-state index in [1.54, 1.807) is 0 Å². The Balaban J connectivity index is 2.80. The molecule has 0 aromatic heterocycles. The van der Waals surface area contributed by atoms with Crippen LogP contribution >= 0.6 is 9.03 Å². The zero-order chi connectivity index (χ0) is 8.53. The highest BCUT2D eigenvalue weighted by molar-refractivity contribution is 7.26. The van der Waals surface area contributed by atoms with E-state index < -0.39 is 0 Å². The summed E-state index contributed by atoms with van der Waals surface area (Å²) >= 11 is 0. The second-order valence-electron chi connectivity index (χ2n) is 2.99. The molecule has 0 amide bonds. The van der Waals surface area contributed by atoms with Crippen LogP contribution in [0.2, 0.25) is 0 Å². The lowest BCUT2D eigenvalue weighted by atomic mass is 10.2. The van der Waals surface area contributed by atoms with Gasteiger partial charge >= 0.3 is 0 Å². The number of rotatable bonds is 7. The molecule has 0 radical (unpaired) electrons. The van der Waals surface area contributed by atoms with Crippen LogP contribution in [-0.4, -0.2) is 13.2 Å². The Labute approximate surface area is 71.6 Å². The molecule has 0 aromatic rings. The van der Waals surface area contributed by atoms with E-state index in [4.69, 9.17) is 9.05 Å². The molecule has 0 heterocycles. The van der Waals surface area contributed by atoms with Gasteiger partial charge in [-0.3, -0.25) is 0 Å². The highest BCUT2D eigenvalue weighted by Gasteiger charge is 1.93. The topological polar surface area (TPSA) is 18.5 Å². The molecule has 1 unspecified atom stereocenters. The Morgan fingerprint density at radius 3 is 2.55 bits per heavy atom. The molecule has 0 N–H and O–H groups in total. The summed E-state index contributed by atoms with van der Waals surface area (Å²) in [6.07, 6.45) is 2.33. The summed E-state index contributed by atoms with van der Waals surface area (Å²) in [5, 5.41) is 0. The predicted octanol–water partition coefficient (Wildman–Crippen LogP) is 2.98. The minimum Gasteiger partial charge on any atom is -0.336 e. The maximum atomic E-state index is 5.25. The first-order chi connectivity index (χ1) is 5.27. The molecule has 0 bridgehead atoms. The van der Waals surface area contributed by atoms with Crippen LogP contribution in [0.5, 0.6) is 0 Å². The SMILES string of the molecule is CCCCOPOCC(C)C. The zero-order valence-electron chi connectivity index (χ0n) is 7.72. The minimum atomic E-state index is 0.235. The molecule has 0 saturated carbocycles. The average Bonchev–Trinajstić information content (AvgIpc) is 1.96. The molecule has 0 rings (SSSR count). The molecule has 68 valence electrons. The van der Waals surface area contributed by atoms with Gasteiger partial charge in [-0.05, 0) is 12.3 Å². The Morgan fingerprint density at radius 1 is 1.27 bits per heavy atom. The van der Waals surface area contributed by atoms with Crippen LogP contribution in [0.25, 0.3) is 0 Å². The van der Waals surface area contributed by atoms with Gasteiger partial charge in [0.1, 0.15) is 0 Å². The smallest absolute Gasteiger partial charge is 0.155 e. The van der Waals surface area contributed by atoms with E-state index in [1.165, 1.54) is 6.42 Å². The van der Waals surface area contributed by atoms with E-state index in [0.29, 0.717) is 5.92 Å². The van der Waals surface area contributed by atoms with Crippen molar-refractivity contribution in [3.05, 3.63) is 0 Å². The minimum absolute atomic E-state index is 0.235. The Hall–Kier alpha value is 0.350. The first kappa shape index (κ1) is 11.4. The number of unbranched alkanes of at least 4 members (excludes halogenated alkanes) is 1. The van der Waals surface area contributed by atoms with Gasteiger partial charge in [0.05, 0.1) is 13.2 Å². The Bertz CT molecular complexity index is 76.5. The normalized spacial score (nSPS) is 12.0. The molecule has 2 nitrogen and oxygen atoms in total. The standard InChI is InChI=1S/C8H19O2P/c1-4-5-6-9-11-10-7-8(2)3/h8,11H,4-7H2,1-3H3. The summed E-state index contributed by atoms with van der Waals surface area (Å²) in [6.45, 7) is 8.08. The molecular weight excluding hydrogens is 159 g/mol. The van der Waals surface area contributed by atoms with E-state index in [2.05, 4.69) is 20.8 Å². The molecule has 0 aliphatic carbocycles. The second kappa shape index (κ2) is 8.45. The van der Waals surface area contributed by atoms with Gasteiger partial charge in [0, 0.05) is 0 Å². The van der Waals surface area contributed by atoms with Crippen molar-refractivity contribution in [1.82, 2.24) is 0 Å². The third-order valence-electron chi connectivity index (χ3n) is 1.13. The van der Waals surface area contributed by atoms with Gasteiger partial charge in [0.2, 0.25) is 0 Å². The predicted molar refractivity (Wildman–Crippen MR) is 50.0 cm³/mol. The van der Waals surface area contributed by atoms with Crippen LogP contribution in [0.15, 0.2) is 0 Å². The molecule has 3 heteroatoms. The number of hydrogen-bond donors (Lipinski definition) is 0. The van der Waals surface area contributed by atoms with Gasteiger partial charge in [-0.1, -0.05) is 27.2 Å². The van der Waals surface area contributed by atoms with Crippen LogP contribution in [0, 0.1) is 5.92 Å². The summed E-state index contributed by atoms with van der Waals surface area (Å²) in [5.74, 6) is 0.609. The van der Waals surface area contributed by atoms with E-state index in [-0.39, 0.29) is 9.03 Å². The Morgan fingerprint density at radius 2 is 2.00 bits per heavy atom. The lowest BCUT2D eigenvalue weighted by Crippen LogP contribution is -1.95. The fourth-order valence-corrected chi connectivity index (χ4v) is 1.21. The van der Waals surface area contributed by atoms with E-state index in [0.717, 1.165) is 19.6 Å². The highest BCUT2D eigenvalue weighted by atomic mass is 31.1. The highest BCUT2D eigenvalue weighted by Crippen LogP contribution is 2.15. The fraction of sp³-hybridized carbons (Fsp3) is 1.00. The van der Waals surface area contributed by atoms with Crippen molar-refractivity contribution in [3.8, 4) is 0 Å². The van der Waals surface area contributed by atoms with E-state index in [1.807, 2.05) is 0 Å². The van der Waals surface area contributed by atoms with Crippen molar-refractivity contribution in [3.63, 3.8) is 0 Å². The van der Waals surface area contributed by atoms with Crippen molar-refractivity contribution >= 4 is 9.03 Å². The molecule has 11 heavy (non-hydrogen) atoms. The van der Waals surface area contributed by atoms with E-state index in [9.17, 15) is 0 Å². The van der Waals surface area contributed by atoms with Gasteiger partial charge < -0.3 is 9.05 Å². The molecule has 0 saturated heterocycles. The first-order valence-corrected chi connectivity index (χ1v) is 5.07. The van der Waals surface area contributed by atoms with Gasteiger partial charge in [-0.2, -0.15) is 0 Å². The van der Waals surface area contributed by atoms with Crippen LogP contribution < -0.4 is 0 Å². The lowest BCUT2D eigenvalue weighted by Gasteiger charge is -2.05. The number of hydrogen-bond acceptors (Lipinski definition) is 2. The van der Waals surface area contributed by atoms with Crippen molar-refractivity contribution in [2.24, 2.45) is 5.92 Å².